The van der Waals surface area contributed by atoms with Gasteiger partial charge in [0.15, 0.2) is 0 Å². The lowest BCUT2D eigenvalue weighted by atomic mass is 10.2. The molecule has 1 heterocycles. The Morgan fingerprint density at radius 1 is 1.62 bits per heavy atom. The average Bonchev–Trinajstić information content (AvgIpc) is 2.58. The Kier molecular flexibility index (Phi) is 5.05. The first-order valence-electron chi connectivity index (χ1n) is 4.92. The molecule has 0 saturated carbocycles. The van der Waals surface area contributed by atoms with E-state index in [2.05, 4.69) is 11.5 Å². The lowest BCUT2D eigenvalue weighted by molar-refractivity contribution is 0.0709. The second-order valence-corrected chi connectivity index (χ2v) is 3.41. The van der Waals surface area contributed by atoms with Crippen LogP contribution in [0.3, 0.4) is 0 Å². The molecule has 0 amide bonds. The highest BCUT2D eigenvalue weighted by Gasteiger charge is 2.17. The molecule has 1 atom stereocenters. The van der Waals surface area contributed by atoms with E-state index in [0.29, 0.717) is 12.6 Å². The topological polar surface area (TPSA) is 32.7 Å². The smallest absolute Gasteiger partial charge is 0.0702 e. The standard InChI is InChI=1S/C10H19NO2/c1-2-5-11(6-7-12)9-10-4-3-8-13-10/h2,10,12H,1,3-9H2. The Hall–Kier alpha value is -0.380. The quantitative estimate of drug-likeness (QED) is 0.617. The molecule has 1 unspecified atom stereocenters. The van der Waals surface area contributed by atoms with Crippen molar-refractivity contribution in [1.29, 1.82) is 0 Å². The van der Waals surface area contributed by atoms with Gasteiger partial charge in [-0.05, 0) is 12.8 Å². The predicted octanol–water partition coefficient (Wildman–Crippen LogP) is 0.646. The number of aliphatic hydroxyl groups excluding tert-OH is 1. The van der Waals surface area contributed by atoms with Gasteiger partial charge in [0.2, 0.25) is 0 Å². The molecule has 0 aromatic heterocycles. The molecule has 0 bridgehead atoms. The minimum atomic E-state index is 0.209. The van der Waals surface area contributed by atoms with Gasteiger partial charge in [-0.2, -0.15) is 0 Å². The first-order chi connectivity index (χ1) is 6.36. The van der Waals surface area contributed by atoms with Gasteiger partial charge < -0.3 is 9.84 Å². The van der Waals surface area contributed by atoms with Crippen LogP contribution < -0.4 is 0 Å². The van der Waals surface area contributed by atoms with Crippen molar-refractivity contribution in [3.8, 4) is 0 Å². The first kappa shape index (κ1) is 10.7. The largest absolute Gasteiger partial charge is 0.395 e. The molecule has 0 radical (unpaired) electrons. The Balaban J connectivity index is 2.22. The zero-order valence-corrected chi connectivity index (χ0v) is 8.11. The summed E-state index contributed by atoms with van der Waals surface area (Å²) >= 11 is 0. The summed E-state index contributed by atoms with van der Waals surface area (Å²) < 4.78 is 5.52. The van der Waals surface area contributed by atoms with Crippen LogP contribution in [0.25, 0.3) is 0 Å². The molecule has 0 spiro atoms. The highest BCUT2D eigenvalue weighted by Crippen LogP contribution is 2.12. The Labute approximate surface area is 80.0 Å². The summed E-state index contributed by atoms with van der Waals surface area (Å²) in [7, 11) is 0. The van der Waals surface area contributed by atoms with E-state index in [-0.39, 0.29) is 6.61 Å². The van der Waals surface area contributed by atoms with Gasteiger partial charge in [-0.15, -0.1) is 6.58 Å². The Morgan fingerprint density at radius 2 is 2.46 bits per heavy atom. The molecule has 1 aliphatic rings. The number of hydrogen-bond acceptors (Lipinski definition) is 3. The fourth-order valence-corrected chi connectivity index (χ4v) is 1.66. The molecule has 1 aliphatic heterocycles. The molecule has 0 aromatic carbocycles. The van der Waals surface area contributed by atoms with Crippen LogP contribution in [0.4, 0.5) is 0 Å². The molecule has 0 aliphatic carbocycles. The van der Waals surface area contributed by atoms with Gasteiger partial charge in [-0.3, -0.25) is 4.90 Å². The number of aliphatic hydroxyl groups is 1. The van der Waals surface area contributed by atoms with Crippen molar-refractivity contribution in [2.45, 2.75) is 18.9 Å². The van der Waals surface area contributed by atoms with E-state index in [1.165, 1.54) is 6.42 Å². The maximum atomic E-state index is 8.82. The fraction of sp³-hybridized carbons (Fsp3) is 0.800. The number of rotatable bonds is 6. The van der Waals surface area contributed by atoms with Crippen LogP contribution in [-0.4, -0.2) is 49.0 Å². The fourth-order valence-electron chi connectivity index (χ4n) is 1.66. The van der Waals surface area contributed by atoms with E-state index in [9.17, 15) is 0 Å². The normalized spacial score (nSPS) is 22.5. The van der Waals surface area contributed by atoms with E-state index < -0.39 is 0 Å². The van der Waals surface area contributed by atoms with Crippen LogP contribution in [0.15, 0.2) is 12.7 Å². The van der Waals surface area contributed by atoms with Crippen LogP contribution in [0.5, 0.6) is 0 Å². The van der Waals surface area contributed by atoms with Gasteiger partial charge in [0.05, 0.1) is 12.7 Å². The second-order valence-electron chi connectivity index (χ2n) is 3.41. The van der Waals surface area contributed by atoms with Crippen LogP contribution in [0.2, 0.25) is 0 Å². The molecule has 1 saturated heterocycles. The van der Waals surface area contributed by atoms with Crippen molar-refractivity contribution >= 4 is 0 Å². The number of nitrogens with zero attached hydrogens (tertiary/aromatic N) is 1. The minimum Gasteiger partial charge on any atom is -0.395 e. The summed E-state index contributed by atoms with van der Waals surface area (Å²) in [6.45, 7) is 7.27. The number of hydrogen-bond donors (Lipinski definition) is 1. The highest BCUT2D eigenvalue weighted by atomic mass is 16.5. The van der Waals surface area contributed by atoms with Crippen LogP contribution >= 0.6 is 0 Å². The van der Waals surface area contributed by atoms with Gasteiger partial charge in [-0.1, -0.05) is 6.08 Å². The molecule has 3 nitrogen and oxygen atoms in total. The maximum absolute atomic E-state index is 8.82. The first-order valence-corrected chi connectivity index (χ1v) is 4.92. The van der Waals surface area contributed by atoms with Gasteiger partial charge in [0.1, 0.15) is 0 Å². The van der Waals surface area contributed by atoms with Gasteiger partial charge in [-0.25, -0.2) is 0 Å². The summed E-state index contributed by atoms with van der Waals surface area (Å²) in [6.07, 6.45) is 4.56. The van der Waals surface area contributed by atoms with Crippen molar-refractivity contribution < 1.29 is 9.84 Å². The van der Waals surface area contributed by atoms with Crippen LogP contribution in [0.1, 0.15) is 12.8 Å². The lowest BCUT2D eigenvalue weighted by Gasteiger charge is -2.22. The van der Waals surface area contributed by atoms with Gasteiger partial charge in [0.25, 0.3) is 0 Å². The second kappa shape index (κ2) is 6.13. The van der Waals surface area contributed by atoms with Gasteiger partial charge in [0, 0.05) is 26.2 Å². The molecular weight excluding hydrogens is 166 g/mol. The maximum Gasteiger partial charge on any atom is 0.0702 e. The summed E-state index contributed by atoms with van der Waals surface area (Å²) in [5.74, 6) is 0. The summed E-state index contributed by atoms with van der Waals surface area (Å²) in [6, 6.07) is 0. The zero-order valence-electron chi connectivity index (χ0n) is 8.11. The van der Waals surface area contributed by atoms with Crippen molar-refractivity contribution in [1.82, 2.24) is 4.90 Å². The molecule has 13 heavy (non-hydrogen) atoms. The lowest BCUT2D eigenvalue weighted by Crippen LogP contribution is -2.34. The third-order valence-electron chi connectivity index (χ3n) is 2.29. The van der Waals surface area contributed by atoms with Crippen molar-refractivity contribution in [2.75, 3.05) is 32.8 Å². The van der Waals surface area contributed by atoms with Crippen LogP contribution in [0, 0.1) is 0 Å². The van der Waals surface area contributed by atoms with Crippen molar-refractivity contribution in [2.24, 2.45) is 0 Å². The highest BCUT2D eigenvalue weighted by molar-refractivity contribution is 4.77. The predicted molar refractivity (Wildman–Crippen MR) is 52.7 cm³/mol. The third kappa shape index (κ3) is 3.89. The molecule has 1 rings (SSSR count). The summed E-state index contributed by atoms with van der Waals surface area (Å²) in [4.78, 5) is 2.17. The molecule has 76 valence electrons. The van der Waals surface area contributed by atoms with Crippen molar-refractivity contribution in [3.63, 3.8) is 0 Å². The molecule has 3 heteroatoms. The third-order valence-corrected chi connectivity index (χ3v) is 2.29. The average molecular weight is 185 g/mol. The van der Waals surface area contributed by atoms with E-state index in [4.69, 9.17) is 9.84 Å². The van der Waals surface area contributed by atoms with E-state index >= 15 is 0 Å². The minimum absolute atomic E-state index is 0.209. The molecule has 1 N–H and O–H groups in total. The van der Waals surface area contributed by atoms with Crippen LogP contribution in [-0.2, 0) is 4.74 Å². The molecular formula is C10H19NO2. The number of ether oxygens (including phenoxy) is 1. The Morgan fingerprint density at radius 3 is 3.00 bits per heavy atom. The van der Waals surface area contributed by atoms with Crippen molar-refractivity contribution in [3.05, 3.63) is 12.7 Å². The monoisotopic (exact) mass is 185 g/mol. The SMILES string of the molecule is C=CCN(CCO)CC1CCCO1. The Bertz CT molecular complexity index is 144. The van der Waals surface area contributed by atoms with E-state index in [1.807, 2.05) is 6.08 Å². The summed E-state index contributed by atoms with van der Waals surface area (Å²) in [5, 5.41) is 8.82. The zero-order chi connectivity index (χ0) is 9.52. The molecule has 0 aromatic rings. The molecule has 1 fully saturated rings. The van der Waals surface area contributed by atoms with Gasteiger partial charge >= 0.3 is 0 Å². The van der Waals surface area contributed by atoms with E-state index in [0.717, 1.165) is 26.1 Å². The summed E-state index contributed by atoms with van der Waals surface area (Å²) in [5.41, 5.74) is 0. The van der Waals surface area contributed by atoms with E-state index in [1.54, 1.807) is 0 Å².